The van der Waals surface area contributed by atoms with Crippen molar-refractivity contribution in [3.8, 4) is 0 Å². The Morgan fingerprint density at radius 2 is 2.11 bits per heavy atom. The van der Waals surface area contributed by atoms with Crippen LogP contribution in [0.4, 0.5) is 4.39 Å². The maximum atomic E-state index is 13.1. The van der Waals surface area contributed by atoms with Gasteiger partial charge in [0.1, 0.15) is 17.7 Å². The average molecular weight is 368 g/mol. The molecule has 0 bridgehead atoms. The molecule has 27 heavy (non-hydrogen) atoms. The molecular weight excluding hydrogens is 351 g/mol. The maximum absolute atomic E-state index is 13.1. The second-order valence-electron chi connectivity index (χ2n) is 6.24. The zero-order valence-corrected chi connectivity index (χ0v) is 14.4. The van der Waals surface area contributed by atoms with Crippen LogP contribution in [0.3, 0.4) is 0 Å². The van der Waals surface area contributed by atoms with Crippen molar-refractivity contribution in [1.82, 2.24) is 19.5 Å². The van der Waals surface area contributed by atoms with E-state index in [1.165, 1.54) is 16.8 Å². The topological polar surface area (TPSA) is 81.5 Å². The number of halogens is 1. The van der Waals surface area contributed by atoms with Crippen molar-refractivity contribution in [2.45, 2.75) is 25.9 Å². The third kappa shape index (κ3) is 3.46. The van der Waals surface area contributed by atoms with Gasteiger partial charge in [0.05, 0.1) is 11.8 Å². The molecule has 1 aromatic carbocycles. The summed E-state index contributed by atoms with van der Waals surface area (Å²) in [5, 5.41) is 6.90. The van der Waals surface area contributed by atoms with E-state index in [0.29, 0.717) is 29.6 Å². The van der Waals surface area contributed by atoms with Crippen LogP contribution in [0.5, 0.6) is 0 Å². The third-order valence-corrected chi connectivity index (χ3v) is 4.37. The van der Waals surface area contributed by atoms with Gasteiger partial charge in [0.25, 0.3) is 5.56 Å². The van der Waals surface area contributed by atoms with Crippen LogP contribution in [0.15, 0.2) is 58.2 Å². The number of carbonyl (C=O) groups excluding carboxylic acids is 1. The smallest absolute Gasteiger partial charge is 0.291 e. The van der Waals surface area contributed by atoms with Crippen LogP contribution in [0.1, 0.15) is 18.4 Å². The van der Waals surface area contributed by atoms with Gasteiger partial charge in [0.15, 0.2) is 5.58 Å². The maximum Gasteiger partial charge on any atom is 0.291 e. The predicted octanol–water partition coefficient (Wildman–Crippen LogP) is 2.48. The first-order valence-corrected chi connectivity index (χ1v) is 8.57. The second kappa shape index (κ2) is 7.06. The van der Waals surface area contributed by atoms with E-state index in [1.807, 2.05) is 0 Å². The molecule has 0 atom stereocenters. The van der Waals surface area contributed by atoms with Crippen molar-refractivity contribution in [2.75, 3.05) is 0 Å². The molecule has 0 saturated carbocycles. The number of rotatable bonds is 6. The molecule has 0 unspecified atom stereocenters. The zero-order valence-electron chi connectivity index (χ0n) is 14.4. The molecule has 1 amide bonds. The Morgan fingerprint density at radius 3 is 2.96 bits per heavy atom. The number of amides is 1. The summed E-state index contributed by atoms with van der Waals surface area (Å²) in [5.74, 6) is -0.492. The number of aromatic nitrogens is 3. The number of aryl methyl sites for hydroxylation is 1. The van der Waals surface area contributed by atoms with Gasteiger partial charge in [0.2, 0.25) is 5.91 Å². The highest BCUT2D eigenvalue weighted by Gasteiger charge is 2.11. The molecule has 0 spiro atoms. The molecule has 0 radical (unpaired) electrons. The van der Waals surface area contributed by atoms with Crippen LogP contribution in [-0.2, 0) is 17.9 Å². The summed E-state index contributed by atoms with van der Waals surface area (Å²) in [5.41, 5.74) is 2.37. The Bertz CT molecular complexity index is 1170. The monoisotopic (exact) mass is 368 g/mol. The zero-order chi connectivity index (χ0) is 18.8. The van der Waals surface area contributed by atoms with E-state index in [9.17, 15) is 14.0 Å². The van der Waals surface area contributed by atoms with Crippen molar-refractivity contribution in [1.29, 1.82) is 0 Å². The SMILES string of the molecule is O=C(CCCn1ncn2c(cc3occc32)c1=O)NCc1cccc(F)c1. The fourth-order valence-corrected chi connectivity index (χ4v) is 3.02. The summed E-state index contributed by atoms with van der Waals surface area (Å²) in [6.07, 6.45) is 3.84. The van der Waals surface area contributed by atoms with Crippen LogP contribution >= 0.6 is 0 Å². The molecule has 0 aliphatic heterocycles. The predicted molar refractivity (Wildman–Crippen MR) is 96.7 cm³/mol. The van der Waals surface area contributed by atoms with Crippen LogP contribution < -0.4 is 10.9 Å². The Labute approximate surface area is 153 Å². The molecule has 1 N–H and O–H groups in total. The lowest BCUT2D eigenvalue weighted by atomic mass is 10.2. The van der Waals surface area contributed by atoms with Gasteiger partial charge >= 0.3 is 0 Å². The van der Waals surface area contributed by atoms with Crippen molar-refractivity contribution in [3.63, 3.8) is 0 Å². The molecule has 0 aliphatic carbocycles. The van der Waals surface area contributed by atoms with Gasteiger partial charge in [-0.25, -0.2) is 9.07 Å². The molecule has 138 valence electrons. The Balaban J connectivity index is 1.35. The van der Waals surface area contributed by atoms with Gasteiger partial charge in [-0.1, -0.05) is 12.1 Å². The van der Waals surface area contributed by atoms with Crippen LogP contribution in [0.25, 0.3) is 16.6 Å². The number of carbonyl (C=O) groups is 1. The first-order valence-electron chi connectivity index (χ1n) is 8.57. The van der Waals surface area contributed by atoms with Crippen molar-refractivity contribution in [2.24, 2.45) is 0 Å². The lowest BCUT2D eigenvalue weighted by Gasteiger charge is -2.07. The van der Waals surface area contributed by atoms with Crippen LogP contribution in [0.2, 0.25) is 0 Å². The number of fused-ring (bicyclic) bond motifs is 3. The lowest BCUT2D eigenvalue weighted by molar-refractivity contribution is -0.121. The summed E-state index contributed by atoms with van der Waals surface area (Å²) >= 11 is 0. The van der Waals surface area contributed by atoms with E-state index in [1.54, 1.807) is 41.3 Å². The average Bonchev–Trinajstić information content (AvgIpc) is 3.24. The van der Waals surface area contributed by atoms with E-state index >= 15 is 0 Å². The van der Waals surface area contributed by atoms with Gasteiger partial charge in [-0.15, -0.1) is 0 Å². The molecule has 3 heterocycles. The highest BCUT2D eigenvalue weighted by Crippen LogP contribution is 2.18. The minimum absolute atomic E-state index is 0.159. The number of nitrogens with zero attached hydrogens (tertiary/aromatic N) is 3. The summed E-state index contributed by atoms with van der Waals surface area (Å²) in [6, 6.07) is 9.54. The van der Waals surface area contributed by atoms with Gasteiger partial charge in [0, 0.05) is 31.6 Å². The van der Waals surface area contributed by atoms with Crippen molar-refractivity contribution >= 4 is 22.5 Å². The fraction of sp³-hybridized carbons (Fsp3) is 0.211. The molecule has 0 aliphatic rings. The largest absolute Gasteiger partial charge is 0.463 e. The number of nitrogens with one attached hydrogen (secondary N) is 1. The van der Waals surface area contributed by atoms with Crippen LogP contribution in [0, 0.1) is 5.82 Å². The highest BCUT2D eigenvalue weighted by molar-refractivity contribution is 5.81. The van der Waals surface area contributed by atoms with Crippen molar-refractivity contribution < 1.29 is 13.6 Å². The van der Waals surface area contributed by atoms with Gasteiger partial charge in [-0.05, 0) is 24.1 Å². The van der Waals surface area contributed by atoms with E-state index in [4.69, 9.17) is 4.42 Å². The van der Waals surface area contributed by atoms with Gasteiger partial charge < -0.3 is 9.73 Å². The summed E-state index contributed by atoms with van der Waals surface area (Å²) < 4.78 is 21.5. The summed E-state index contributed by atoms with van der Waals surface area (Å²) in [7, 11) is 0. The molecule has 8 heteroatoms. The quantitative estimate of drug-likeness (QED) is 0.567. The highest BCUT2D eigenvalue weighted by atomic mass is 19.1. The van der Waals surface area contributed by atoms with Gasteiger partial charge in [-0.3, -0.25) is 14.0 Å². The van der Waals surface area contributed by atoms with E-state index < -0.39 is 0 Å². The molecule has 4 aromatic rings. The number of hydrogen-bond donors (Lipinski definition) is 1. The first-order chi connectivity index (χ1) is 13.1. The normalized spacial score (nSPS) is 11.3. The molecule has 4 rings (SSSR count). The van der Waals surface area contributed by atoms with Crippen molar-refractivity contribution in [3.05, 3.63) is 70.7 Å². The minimum atomic E-state index is -0.333. The third-order valence-electron chi connectivity index (χ3n) is 4.37. The molecular formula is C19H17FN4O3. The Kier molecular flexibility index (Phi) is 4.45. The fourth-order valence-electron chi connectivity index (χ4n) is 3.02. The molecule has 0 saturated heterocycles. The Hall–Kier alpha value is -3.42. The summed E-state index contributed by atoms with van der Waals surface area (Å²) in [4.78, 5) is 24.5. The first kappa shape index (κ1) is 17.0. The Morgan fingerprint density at radius 1 is 1.22 bits per heavy atom. The number of hydrogen-bond acceptors (Lipinski definition) is 4. The molecule has 7 nitrogen and oxygen atoms in total. The molecule has 3 aromatic heterocycles. The lowest BCUT2D eigenvalue weighted by Crippen LogP contribution is -2.26. The van der Waals surface area contributed by atoms with Gasteiger partial charge in [-0.2, -0.15) is 5.10 Å². The van der Waals surface area contributed by atoms with E-state index in [-0.39, 0.29) is 30.2 Å². The van der Waals surface area contributed by atoms with Crippen LogP contribution in [-0.4, -0.2) is 20.1 Å². The number of furan rings is 1. The van der Waals surface area contributed by atoms with E-state index in [2.05, 4.69) is 10.4 Å². The number of benzene rings is 1. The minimum Gasteiger partial charge on any atom is -0.463 e. The second-order valence-corrected chi connectivity index (χ2v) is 6.24. The standard InChI is InChI=1S/C19H17FN4O3/c20-14-4-1-3-13(9-14)11-21-18(25)5-2-7-24-19(26)16-10-17-15(6-8-27-17)23(16)12-22-24/h1,3-4,6,8-10,12H,2,5,7,11H2,(H,21,25). The molecule has 0 fully saturated rings. The summed E-state index contributed by atoms with van der Waals surface area (Å²) in [6.45, 7) is 0.596. The van der Waals surface area contributed by atoms with E-state index in [0.717, 1.165) is 5.52 Å².